The lowest BCUT2D eigenvalue weighted by Gasteiger charge is -2.27. The van der Waals surface area contributed by atoms with Gasteiger partial charge in [0.1, 0.15) is 5.75 Å². The van der Waals surface area contributed by atoms with Crippen molar-refractivity contribution < 1.29 is 9.53 Å². The Labute approximate surface area is 201 Å². The topological polar surface area (TPSA) is 91.0 Å². The normalized spacial score (nSPS) is 18.2. The van der Waals surface area contributed by atoms with Crippen LogP contribution in [0.2, 0.25) is 0 Å². The van der Waals surface area contributed by atoms with Crippen molar-refractivity contribution in [2.24, 2.45) is 18.9 Å². The fraction of sp³-hybridized carbons (Fsp3) is 0.360. The second-order valence-electron chi connectivity index (χ2n) is 8.79. The van der Waals surface area contributed by atoms with Gasteiger partial charge in [-0.05, 0) is 55.9 Å². The zero-order chi connectivity index (χ0) is 23.7. The van der Waals surface area contributed by atoms with E-state index >= 15 is 0 Å². The van der Waals surface area contributed by atoms with E-state index in [9.17, 15) is 9.59 Å². The summed E-state index contributed by atoms with van der Waals surface area (Å²) in [5.41, 5.74) is 3.59. The van der Waals surface area contributed by atoms with E-state index < -0.39 is 0 Å². The molecule has 1 aliphatic carbocycles. The Balaban J connectivity index is 1.21. The van der Waals surface area contributed by atoms with Crippen LogP contribution in [-0.2, 0) is 18.4 Å². The molecule has 0 atom stereocenters. The third-order valence-electron chi connectivity index (χ3n) is 6.72. The molecule has 0 spiro atoms. The van der Waals surface area contributed by atoms with Crippen LogP contribution in [0.1, 0.15) is 25.7 Å². The van der Waals surface area contributed by atoms with E-state index in [-0.39, 0.29) is 17.5 Å². The highest BCUT2D eigenvalue weighted by atomic mass is 32.1. The lowest BCUT2D eigenvalue weighted by molar-refractivity contribution is -0.121. The number of methoxy groups -OCH3 is 1. The molecule has 3 heterocycles. The standard InChI is InChI=1S/C25H27N5O3S/c1-29-21-8-7-19(33-2)13-22(21)30(25(29)32)14-16-3-5-18(6-4-16)23(31)28-24-27-20(15-34-24)17-9-11-26-12-10-17/h7-13,15-16,18H,3-6,14H2,1-2H3,(H,27,28,31). The van der Waals surface area contributed by atoms with Crippen LogP contribution in [0.4, 0.5) is 5.13 Å². The van der Waals surface area contributed by atoms with E-state index in [1.807, 2.05) is 40.3 Å². The Morgan fingerprint density at radius 1 is 1.15 bits per heavy atom. The molecule has 3 aromatic heterocycles. The molecule has 0 unspecified atom stereocenters. The lowest BCUT2D eigenvalue weighted by atomic mass is 9.81. The Morgan fingerprint density at radius 2 is 1.91 bits per heavy atom. The Morgan fingerprint density at radius 3 is 2.65 bits per heavy atom. The van der Waals surface area contributed by atoms with Crippen LogP contribution in [-0.4, -0.2) is 32.1 Å². The molecule has 0 bridgehead atoms. The fourth-order valence-electron chi connectivity index (χ4n) is 4.75. The predicted molar refractivity (Wildman–Crippen MR) is 133 cm³/mol. The van der Waals surface area contributed by atoms with Gasteiger partial charge in [0.15, 0.2) is 5.13 Å². The summed E-state index contributed by atoms with van der Waals surface area (Å²) in [6.07, 6.45) is 6.89. The fourth-order valence-corrected chi connectivity index (χ4v) is 5.48. The van der Waals surface area contributed by atoms with Gasteiger partial charge in [-0.1, -0.05) is 0 Å². The first-order chi connectivity index (χ1) is 16.5. The molecule has 1 saturated carbocycles. The van der Waals surface area contributed by atoms with Crippen LogP contribution < -0.4 is 15.7 Å². The van der Waals surface area contributed by atoms with E-state index in [4.69, 9.17) is 4.74 Å². The molecule has 1 aliphatic rings. The highest BCUT2D eigenvalue weighted by molar-refractivity contribution is 7.14. The van der Waals surface area contributed by atoms with Gasteiger partial charge >= 0.3 is 5.69 Å². The third kappa shape index (κ3) is 4.35. The number of nitrogens with one attached hydrogen (secondary N) is 1. The van der Waals surface area contributed by atoms with Crippen molar-refractivity contribution in [3.63, 3.8) is 0 Å². The minimum Gasteiger partial charge on any atom is -0.497 e. The summed E-state index contributed by atoms with van der Waals surface area (Å²) in [5.74, 6) is 1.09. The van der Waals surface area contributed by atoms with Crippen LogP contribution >= 0.6 is 11.3 Å². The molecule has 4 aromatic rings. The molecule has 9 heteroatoms. The number of rotatable bonds is 6. The zero-order valence-corrected chi connectivity index (χ0v) is 20.0. The van der Waals surface area contributed by atoms with Crippen LogP contribution in [0.3, 0.4) is 0 Å². The maximum absolute atomic E-state index is 12.9. The van der Waals surface area contributed by atoms with Crippen LogP contribution in [0, 0.1) is 11.8 Å². The molecule has 1 N–H and O–H groups in total. The van der Waals surface area contributed by atoms with E-state index in [1.165, 1.54) is 11.3 Å². The summed E-state index contributed by atoms with van der Waals surface area (Å²) in [6.45, 7) is 0.652. The number of aromatic nitrogens is 4. The van der Waals surface area contributed by atoms with Crippen molar-refractivity contribution in [1.82, 2.24) is 19.1 Å². The molecule has 0 radical (unpaired) electrons. The highest BCUT2D eigenvalue weighted by Gasteiger charge is 2.28. The number of pyridine rings is 1. The lowest BCUT2D eigenvalue weighted by Crippen LogP contribution is -2.30. The monoisotopic (exact) mass is 477 g/mol. The molecule has 1 fully saturated rings. The molecular formula is C25H27N5O3S. The number of nitrogens with zero attached hydrogens (tertiary/aromatic N) is 4. The highest BCUT2D eigenvalue weighted by Crippen LogP contribution is 2.32. The zero-order valence-electron chi connectivity index (χ0n) is 19.2. The second kappa shape index (κ2) is 9.42. The van der Waals surface area contributed by atoms with E-state index in [0.717, 1.165) is 53.7 Å². The number of thiazole rings is 1. The predicted octanol–water partition coefficient (Wildman–Crippen LogP) is 4.31. The number of hydrogen-bond acceptors (Lipinski definition) is 6. The molecule has 1 amide bonds. The van der Waals surface area contributed by atoms with Gasteiger partial charge in [-0.25, -0.2) is 9.78 Å². The average molecular weight is 478 g/mol. The summed E-state index contributed by atoms with van der Waals surface area (Å²) < 4.78 is 8.89. The van der Waals surface area contributed by atoms with Crippen LogP contribution in [0.15, 0.2) is 52.9 Å². The molecule has 5 rings (SSSR count). The van der Waals surface area contributed by atoms with Gasteiger partial charge in [0, 0.05) is 48.9 Å². The van der Waals surface area contributed by atoms with Gasteiger partial charge < -0.3 is 10.1 Å². The van der Waals surface area contributed by atoms with Gasteiger partial charge in [0.05, 0.1) is 23.8 Å². The SMILES string of the molecule is COc1ccc2c(c1)n(CC1CCC(C(=O)Nc3nc(-c4ccncc4)cs3)CC1)c(=O)n2C. The first-order valence-corrected chi connectivity index (χ1v) is 12.3. The quantitative estimate of drug-likeness (QED) is 0.447. The Hall–Kier alpha value is -3.46. The van der Waals surface area contributed by atoms with Crippen molar-refractivity contribution in [3.8, 4) is 17.0 Å². The maximum atomic E-state index is 12.9. The van der Waals surface area contributed by atoms with Crippen LogP contribution in [0.5, 0.6) is 5.75 Å². The first-order valence-electron chi connectivity index (χ1n) is 11.4. The van der Waals surface area contributed by atoms with E-state index in [0.29, 0.717) is 17.6 Å². The molecule has 0 aliphatic heterocycles. The number of amides is 1. The number of fused-ring (bicyclic) bond motifs is 1. The first kappa shape index (κ1) is 22.3. The van der Waals surface area contributed by atoms with Crippen molar-refractivity contribution in [2.45, 2.75) is 32.2 Å². The number of ether oxygens (including phenoxy) is 1. The number of carbonyl (C=O) groups excluding carboxylic acids is 1. The second-order valence-corrected chi connectivity index (χ2v) is 9.65. The van der Waals surface area contributed by atoms with Gasteiger partial charge in [0.2, 0.25) is 5.91 Å². The Kier molecular flexibility index (Phi) is 6.19. The summed E-state index contributed by atoms with van der Waals surface area (Å²) >= 11 is 1.43. The molecule has 8 nitrogen and oxygen atoms in total. The molecule has 1 aromatic carbocycles. The average Bonchev–Trinajstić information content (AvgIpc) is 3.43. The molecule has 34 heavy (non-hydrogen) atoms. The number of carbonyl (C=O) groups is 1. The number of aryl methyl sites for hydroxylation is 1. The number of benzene rings is 1. The number of imidazole rings is 1. The smallest absolute Gasteiger partial charge is 0.328 e. The van der Waals surface area contributed by atoms with Crippen molar-refractivity contribution >= 4 is 33.4 Å². The largest absolute Gasteiger partial charge is 0.497 e. The van der Waals surface area contributed by atoms with Crippen molar-refractivity contribution in [3.05, 3.63) is 58.6 Å². The van der Waals surface area contributed by atoms with E-state index in [1.54, 1.807) is 31.1 Å². The third-order valence-corrected chi connectivity index (χ3v) is 7.48. The van der Waals surface area contributed by atoms with Gasteiger partial charge in [-0.2, -0.15) is 0 Å². The van der Waals surface area contributed by atoms with Gasteiger partial charge in [0.25, 0.3) is 0 Å². The summed E-state index contributed by atoms with van der Waals surface area (Å²) in [5, 5.41) is 5.56. The minimum absolute atomic E-state index is 0.0168. The minimum atomic E-state index is -0.0335. The molecule has 176 valence electrons. The summed E-state index contributed by atoms with van der Waals surface area (Å²) in [4.78, 5) is 34.3. The van der Waals surface area contributed by atoms with Gasteiger partial charge in [-0.3, -0.25) is 18.9 Å². The van der Waals surface area contributed by atoms with E-state index in [2.05, 4.69) is 15.3 Å². The summed E-state index contributed by atoms with van der Waals surface area (Å²) in [6, 6.07) is 9.52. The Bertz CT molecular complexity index is 1370. The number of hydrogen-bond donors (Lipinski definition) is 1. The van der Waals surface area contributed by atoms with Crippen LogP contribution in [0.25, 0.3) is 22.3 Å². The molecular weight excluding hydrogens is 450 g/mol. The number of anilines is 1. The maximum Gasteiger partial charge on any atom is 0.328 e. The van der Waals surface area contributed by atoms with Crippen molar-refractivity contribution in [1.29, 1.82) is 0 Å². The van der Waals surface area contributed by atoms with Crippen molar-refractivity contribution in [2.75, 3.05) is 12.4 Å². The van der Waals surface area contributed by atoms with Gasteiger partial charge in [-0.15, -0.1) is 11.3 Å². The summed E-state index contributed by atoms with van der Waals surface area (Å²) in [7, 11) is 3.43. The molecule has 0 saturated heterocycles.